The molecule has 0 saturated carbocycles. The molecule has 1 aromatic rings. The number of nitro groups is 1. The number of hydrogen-bond acceptors (Lipinski definition) is 5. The van der Waals surface area contributed by atoms with Crippen LogP contribution in [0.3, 0.4) is 0 Å². The van der Waals surface area contributed by atoms with E-state index in [-0.39, 0.29) is 18.0 Å². The Balaban J connectivity index is 2.66. The van der Waals surface area contributed by atoms with Crippen LogP contribution in [0, 0.1) is 15.9 Å². The molecule has 2 N–H and O–H groups in total. The van der Waals surface area contributed by atoms with Crippen LogP contribution in [0.2, 0.25) is 0 Å². The van der Waals surface area contributed by atoms with Crippen molar-refractivity contribution in [3.8, 4) is 0 Å². The lowest BCUT2D eigenvalue weighted by molar-refractivity contribution is -0.387. The lowest BCUT2D eigenvalue weighted by atomic mass is 10.2. The molecule has 0 amide bonds. The molecule has 0 spiro atoms. The quantitative estimate of drug-likeness (QED) is 0.408. The van der Waals surface area contributed by atoms with Gasteiger partial charge in [0.05, 0.1) is 9.82 Å². The molecule has 9 heteroatoms. The summed E-state index contributed by atoms with van der Waals surface area (Å²) < 4.78 is 39.3. The third-order valence-electron chi connectivity index (χ3n) is 2.80. The molecule has 0 aliphatic heterocycles. The fourth-order valence-corrected chi connectivity index (χ4v) is 2.77. The number of nitrogens with one attached hydrogen (secondary N) is 1. The number of unbranched alkanes of at least 4 members (excludes halogenated alkanes) is 3. The summed E-state index contributed by atoms with van der Waals surface area (Å²) in [6.45, 7) is 0.282. The van der Waals surface area contributed by atoms with Crippen molar-refractivity contribution in [2.45, 2.75) is 30.6 Å². The Hall–Kier alpha value is -1.58. The van der Waals surface area contributed by atoms with Gasteiger partial charge < -0.3 is 5.11 Å². The third-order valence-corrected chi connectivity index (χ3v) is 4.26. The zero-order valence-electron chi connectivity index (χ0n) is 11.3. The number of hydrogen-bond donors (Lipinski definition) is 2. The molecule has 0 unspecified atom stereocenters. The van der Waals surface area contributed by atoms with Crippen molar-refractivity contribution < 1.29 is 22.8 Å². The van der Waals surface area contributed by atoms with E-state index in [0.29, 0.717) is 18.9 Å². The standard InChI is InChI=1S/C12H17FN2O5S/c13-11-6-5-10(9-12(11)15(17)18)21(19,20)14-7-3-1-2-4-8-16/h5-6,9,14,16H,1-4,7-8H2. The van der Waals surface area contributed by atoms with Crippen LogP contribution in [0.4, 0.5) is 10.1 Å². The van der Waals surface area contributed by atoms with Gasteiger partial charge in [-0.1, -0.05) is 12.8 Å². The molecule has 0 heterocycles. The molecule has 0 saturated heterocycles. The maximum absolute atomic E-state index is 13.2. The van der Waals surface area contributed by atoms with Crippen molar-refractivity contribution in [3.05, 3.63) is 34.1 Å². The number of nitrogens with zero attached hydrogens (tertiary/aromatic N) is 1. The van der Waals surface area contributed by atoms with E-state index >= 15 is 0 Å². The Morgan fingerprint density at radius 1 is 1.24 bits per heavy atom. The summed E-state index contributed by atoms with van der Waals surface area (Å²) >= 11 is 0. The van der Waals surface area contributed by atoms with Gasteiger partial charge in [-0.25, -0.2) is 13.1 Å². The predicted octanol–water partition coefficient (Wildman–Crippen LogP) is 1.56. The van der Waals surface area contributed by atoms with E-state index < -0.39 is 26.5 Å². The highest BCUT2D eigenvalue weighted by atomic mass is 32.2. The van der Waals surface area contributed by atoms with Gasteiger partial charge in [0.2, 0.25) is 15.8 Å². The van der Waals surface area contributed by atoms with Crippen molar-refractivity contribution in [1.82, 2.24) is 4.72 Å². The molecule has 0 aliphatic carbocycles. The first-order valence-corrected chi connectivity index (χ1v) is 7.91. The Morgan fingerprint density at radius 3 is 2.52 bits per heavy atom. The maximum Gasteiger partial charge on any atom is 0.306 e. The van der Waals surface area contributed by atoms with Crippen LogP contribution >= 0.6 is 0 Å². The maximum atomic E-state index is 13.2. The molecule has 0 aromatic heterocycles. The summed E-state index contributed by atoms with van der Waals surface area (Å²) in [7, 11) is -3.90. The highest BCUT2D eigenvalue weighted by Gasteiger charge is 2.21. The van der Waals surface area contributed by atoms with Crippen LogP contribution in [-0.2, 0) is 10.0 Å². The first-order chi connectivity index (χ1) is 9.88. The fraction of sp³-hybridized carbons (Fsp3) is 0.500. The lowest BCUT2D eigenvalue weighted by Crippen LogP contribution is -2.25. The Morgan fingerprint density at radius 2 is 1.90 bits per heavy atom. The number of rotatable bonds is 9. The van der Waals surface area contributed by atoms with Gasteiger partial charge in [-0.3, -0.25) is 10.1 Å². The predicted molar refractivity (Wildman–Crippen MR) is 73.8 cm³/mol. The van der Waals surface area contributed by atoms with Gasteiger partial charge in [0, 0.05) is 19.2 Å². The normalized spacial score (nSPS) is 11.5. The average molecular weight is 320 g/mol. The van der Waals surface area contributed by atoms with Gasteiger partial charge in [0.25, 0.3) is 0 Å². The monoisotopic (exact) mass is 320 g/mol. The van der Waals surface area contributed by atoms with Crippen LogP contribution in [0.15, 0.2) is 23.1 Å². The molecule has 7 nitrogen and oxygen atoms in total. The second-order valence-corrected chi connectivity index (χ2v) is 6.17. The summed E-state index contributed by atoms with van der Waals surface area (Å²) in [6, 6.07) is 2.44. The van der Waals surface area contributed by atoms with Gasteiger partial charge in [-0.2, -0.15) is 4.39 Å². The molecule has 0 fully saturated rings. The number of aliphatic hydroxyl groups excluding tert-OH is 1. The number of aliphatic hydroxyl groups is 1. The molecular weight excluding hydrogens is 303 g/mol. The van der Waals surface area contributed by atoms with E-state index in [4.69, 9.17) is 5.11 Å². The summed E-state index contributed by atoms with van der Waals surface area (Å²) in [5, 5.41) is 19.2. The summed E-state index contributed by atoms with van der Waals surface area (Å²) in [5.41, 5.74) is -0.874. The first-order valence-electron chi connectivity index (χ1n) is 6.43. The molecule has 0 atom stereocenters. The van der Waals surface area contributed by atoms with Crippen LogP contribution < -0.4 is 4.72 Å². The van der Waals surface area contributed by atoms with E-state index in [1.54, 1.807) is 0 Å². The van der Waals surface area contributed by atoms with Crippen LogP contribution in [0.5, 0.6) is 0 Å². The van der Waals surface area contributed by atoms with E-state index in [0.717, 1.165) is 25.0 Å². The number of benzene rings is 1. The average Bonchev–Trinajstić information content (AvgIpc) is 2.42. The van der Waals surface area contributed by atoms with Gasteiger partial charge >= 0.3 is 5.69 Å². The second-order valence-electron chi connectivity index (χ2n) is 4.41. The molecule has 1 rings (SSSR count). The highest BCUT2D eigenvalue weighted by molar-refractivity contribution is 7.89. The summed E-state index contributed by atoms with van der Waals surface area (Å²) in [4.78, 5) is 9.28. The van der Waals surface area contributed by atoms with Gasteiger partial charge in [-0.05, 0) is 25.0 Å². The number of halogens is 1. The number of sulfonamides is 1. The van der Waals surface area contributed by atoms with Crippen molar-refractivity contribution in [2.75, 3.05) is 13.2 Å². The molecule has 118 valence electrons. The van der Waals surface area contributed by atoms with Crippen LogP contribution in [0.25, 0.3) is 0 Å². The van der Waals surface area contributed by atoms with Crippen molar-refractivity contribution in [1.29, 1.82) is 0 Å². The van der Waals surface area contributed by atoms with E-state index in [1.807, 2.05) is 0 Å². The largest absolute Gasteiger partial charge is 0.396 e. The molecule has 21 heavy (non-hydrogen) atoms. The lowest BCUT2D eigenvalue weighted by Gasteiger charge is -2.06. The van der Waals surface area contributed by atoms with Gasteiger partial charge in [-0.15, -0.1) is 0 Å². The van der Waals surface area contributed by atoms with Crippen molar-refractivity contribution in [3.63, 3.8) is 0 Å². The van der Waals surface area contributed by atoms with E-state index in [9.17, 15) is 22.9 Å². The van der Waals surface area contributed by atoms with Crippen molar-refractivity contribution in [2.24, 2.45) is 0 Å². The Kier molecular flexibility index (Phi) is 6.66. The second kappa shape index (κ2) is 8.01. The SMILES string of the molecule is O=[N+]([O-])c1cc(S(=O)(=O)NCCCCCCO)ccc1F. The smallest absolute Gasteiger partial charge is 0.306 e. The van der Waals surface area contributed by atoms with Gasteiger partial charge in [0.1, 0.15) is 0 Å². The minimum Gasteiger partial charge on any atom is -0.396 e. The molecule has 0 radical (unpaired) electrons. The minimum atomic E-state index is -3.90. The zero-order valence-corrected chi connectivity index (χ0v) is 12.1. The number of nitro benzene ring substituents is 1. The molecule has 0 aliphatic rings. The molecule has 0 bridgehead atoms. The summed E-state index contributed by atoms with van der Waals surface area (Å²) in [5.74, 6) is -1.08. The molecule has 1 aromatic carbocycles. The summed E-state index contributed by atoms with van der Waals surface area (Å²) in [6.07, 6.45) is 2.80. The Labute approximate surface area is 122 Å². The fourth-order valence-electron chi connectivity index (χ4n) is 1.68. The van der Waals surface area contributed by atoms with Crippen molar-refractivity contribution >= 4 is 15.7 Å². The van der Waals surface area contributed by atoms with E-state index in [2.05, 4.69) is 4.72 Å². The van der Waals surface area contributed by atoms with Crippen LogP contribution in [0.1, 0.15) is 25.7 Å². The van der Waals surface area contributed by atoms with E-state index in [1.165, 1.54) is 0 Å². The third kappa shape index (κ3) is 5.37. The highest BCUT2D eigenvalue weighted by Crippen LogP contribution is 2.21. The zero-order chi connectivity index (χ0) is 15.9. The Bertz CT molecular complexity index is 591. The minimum absolute atomic E-state index is 0.102. The first kappa shape index (κ1) is 17.5. The van der Waals surface area contributed by atoms with Crippen LogP contribution in [-0.4, -0.2) is 31.6 Å². The molecular formula is C12H17FN2O5S. The topological polar surface area (TPSA) is 110 Å². The van der Waals surface area contributed by atoms with Gasteiger partial charge in [0.15, 0.2) is 0 Å².